The van der Waals surface area contributed by atoms with Crippen molar-refractivity contribution in [3.8, 4) is 0 Å². The molecule has 126 valence electrons. The number of amides is 1. The summed E-state index contributed by atoms with van der Waals surface area (Å²) in [7, 11) is 2.11. The number of likely N-dealkylation sites (N-methyl/N-ethyl adjacent to an activating group) is 1. The molecule has 0 aromatic carbocycles. The zero-order chi connectivity index (χ0) is 16.9. The van der Waals surface area contributed by atoms with Crippen molar-refractivity contribution in [1.82, 2.24) is 19.8 Å². The van der Waals surface area contributed by atoms with Crippen LogP contribution in [0.25, 0.3) is 0 Å². The third-order valence-corrected chi connectivity index (χ3v) is 4.00. The monoisotopic (exact) mass is 329 g/mol. The van der Waals surface area contributed by atoms with Crippen LogP contribution in [0.2, 0.25) is 0 Å². The van der Waals surface area contributed by atoms with E-state index in [4.69, 9.17) is 0 Å². The molecule has 0 aliphatic carbocycles. The minimum Gasteiger partial charge on any atom is -0.305 e. The Bertz CT molecular complexity index is 716. The molecule has 24 heavy (non-hydrogen) atoms. The number of hydrogen-bond acceptors (Lipinski definition) is 5. The molecule has 0 unspecified atom stereocenters. The lowest BCUT2D eigenvalue weighted by Gasteiger charge is -2.32. The number of pyridine rings is 2. The van der Waals surface area contributed by atoms with Crippen LogP contribution in [0.15, 0.2) is 36.5 Å². The molecule has 0 radical (unpaired) electrons. The van der Waals surface area contributed by atoms with Crippen molar-refractivity contribution in [3.05, 3.63) is 53.7 Å². The number of carbonyl (C=O) groups excluding carboxylic acids is 1. The van der Waals surface area contributed by atoms with Crippen LogP contribution in [-0.2, 0) is 6.54 Å². The molecule has 1 saturated heterocycles. The Morgan fingerprint density at radius 1 is 1.21 bits per heavy atom. The first-order valence-corrected chi connectivity index (χ1v) is 7.90. The van der Waals surface area contributed by atoms with E-state index in [1.54, 1.807) is 6.07 Å². The number of anilines is 1. The van der Waals surface area contributed by atoms with E-state index in [1.807, 2.05) is 12.1 Å². The summed E-state index contributed by atoms with van der Waals surface area (Å²) >= 11 is 0. The molecule has 7 heteroatoms. The lowest BCUT2D eigenvalue weighted by molar-refractivity contribution is 0.101. The Kier molecular flexibility index (Phi) is 5.12. The molecule has 1 aliphatic heterocycles. The highest BCUT2D eigenvalue weighted by Crippen LogP contribution is 2.11. The zero-order valence-electron chi connectivity index (χ0n) is 13.6. The fourth-order valence-corrected chi connectivity index (χ4v) is 2.60. The lowest BCUT2D eigenvalue weighted by Crippen LogP contribution is -2.44. The van der Waals surface area contributed by atoms with Crippen LogP contribution in [0.1, 0.15) is 16.2 Å². The van der Waals surface area contributed by atoms with Crippen LogP contribution in [0.3, 0.4) is 0 Å². The number of aromatic nitrogens is 2. The Hall–Kier alpha value is -2.38. The maximum atomic E-state index is 13.6. The molecule has 3 rings (SSSR count). The van der Waals surface area contributed by atoms with Gasteiger partial charge in [-0.15, -0.1) is 0 Å². The van der Waals surface area contributed by atoms with Gasteiger partial charge < -0.3 is 10.2 Å². The maximum absolute atomic E-state index is 13.6. The summed E-state index contributed by atoms with van der Waals surface area (Å²) < 4.78 is 13.6. The average Bonchev–Trinajstić information content (AvgIpc) is 2.58. The third kappa shape index (κ3) is 4.12. The SMILES string of the molecule is CN1CCN(Cc2cccc(NC(=O)c3ncccc3F)n2)CC1. The Balaban J connectivity index is 1.65. The van der Waals surface area contributed by atoms with Crippen molar-refractivity contribution in [1.29, 1.82) is 0 Å². The van der Waals surface area contributed by atoms with Crippen molar-refractivity contribution in [2.24, 2.45) is 0 Å². The normalized spacial score (nSPS) is 16.1. The van der Waals surface area contributed by atoms with Crippen molar-refractivity contribution in [2.45, 2.75) is 6.54 Å². The molecule has 1 fully saturated rings. The van der Waals surface area contributed by atoms with E-state index in [2.05, 4.69) is 32.1 Å². The van der Waals surface area contributed by atoms with Crippen molar-refractivity contribution in [3.63, 3.8) is 0 Å². The summed E-state index contributed by atoms with van der Waals surface area (Å²) in [6.45, 7) is 4.79. The highest BCUT2D eigenvalue weighted by atomic mass is 19.1. The van der Waals surface area contributed by atoms with Crippen LogP contribution in [-0.4, -0.2) is 58.9 Å². The van der Waals surface area contributed by atoms with Gasteiger partial charge in [-0.1, -0.05) is 6.07 Å². The van der Waals surface area contributed by atoms with E-state index in [-0.39, 0.29) is 5.69 Å². The van der Waals surface area contributed by atoms with E-state index < -0.39 is 11.7 Å². The fourth-order valence-electron chi connectivity index (χ4n) is 2.60. The van der Waals surface area contributed by atoms with Crippen LogP contribution < -0.4 is 5.32 Å². The van der Waals surface area contributed by atoms with Crippen molar-refractivity contribution < 1.29 is 9.18 Å². The van der Waals surface area contributed by atoms with Crippen LogP contribution in [0.4, 0.5) is 10.2 Å². The summed E-state index contributed by atoms with van der Waals surface area (Å²) in [5, 5.41) is 2.60. The number of hydrogen-bond donors (Lipinski definition) is 1. The fraction of sp³-hybridized carbons (Fsp3) is 0.353. The van der Waals surface area contributed by atoms with Gasteiger partial charge in [0.1, 0.15) is 5.82 Å². The highest BCUT2D eigenvalue weighted by molar-refractivity contribution is 6.02. The third-order valence-electron chi connectivity index (χ3n) is 4.00. The molecule has 1 amide bonds. The molecule has 0 bridgehead atoms. The molecular formula is C17H20FN5O. The van der Waals surface area contributed by atoms with Gasteiger partial charge in [0.15, 0.2) is 11.5 Å². The molecular weight excluding hydrogens is 309 g/mol. The van der Waals surface area contributed by atoms with Gasteiger partial charge in [-0.2, -0.15) is 0 Å². The van der Waals surface area contributed by atoms with Gasteiger partial charge in [0.05, 0.1) is 5.69 Å². The second-order valence-corrected chi connectivity index (χ2v) is 5.88. The Labute approximate surface area is 140 Å². The molecule has 1 aliphatic rings. The number of rotatable bonds is 4. The average molecular weight is 329 g/mol. The number of halogens is 1. The summed E-state index contributed by atoms with van der Waals surface area (Å²) in [5.74, 6) is -0.849. The van der Waals surface area contributed by atoms with Gasteiger partial charge in [-0.3, -0.25) is 9.69 Å². The first-order valence-electron chi connectivity index (χ1n) is 7.90. The molecule has 1 N–H and O–H groups in total. The minimum atomic E-state index is -0.649. The Morgan fingerprint density at radius 2 is 2.00 bits per heavy atom. The first kappa shape index (κ1) is 16.5. The summed E-state index contributed by atoms with van der Waals surface area (Å²) in [6, 6.07) is 8.10. The first-order chi connectivity index (χ1) is 11.6. The number of piperazine rings is 1. The summed E-state index contributed by atoms with van der Waals surface area (Å²) in [5.41, 5.74) is 0.641. The number of nitrogens with zero attached hydrogens (tertiary/aromatic N) is 4. The molecule has 2 aromatic rings. The lowest BCUT2D eigenvalue weighted by atomic mass is 10.2. The zero-order valence-corrected chi connectivity index (χ0v) is 13.6. The minimum absolute atomic E-state index is 0.233. The van der Waals surface area contributed by atoms with Gasteiger partial charge in [-0.05, 0) is 31.3 Å². The largest absolute Gasteiger partial charge is 0.305 e. The van der Waals surface area contributed by atoms with Crippen molar-refractivity contribution in [2.75, 3.05) is 38.5 Å². The number of nitrogens with one attached hydrogen (secondary N) is 1. The van der Waals surface area contributed by atoms with Gasteiger partial charge in [0.2, 0.25) is 0 Å². The second-order valence-electron chi connectivity index (χ2n) is 5.88. The molecule has 0 atom stereocenters. The molecule has 2 aromatic heterocycles. The van der Waals surface area contributed by atoms with Crippen molar-refractivity contribution >= 4 is 11.7 Å². The van der Waals surface area contributed by atoms with E-state index in [9.17, 15) is 9.18 Å². The highest BCUT2D eigenvalue weighted by Gasteiger charge is 2.16. The van der Waals surface area contributed by atoms with E-state index >= 15 is 0 Å². The smallest absolute Gasteiger partial charge is 0.278 e. The van der Waals surface area contributed by atoms with Gasteiger partial charge in [0.25, 0.3) is 5.91 Å². The summed E-state index contributed by atoms with van der Waals surface area (Å²) in [4.78, 5) is 24.9. The van der Waals surface area contributed by atoms with Gasteiger partial charge in [0, 0.05) is 38.9 Å². The Morgan fingerprint density at radius 3 is 2.75 bits per heavy atom. The van der Waals surface area contributed by atoms with E-state index in [0.29, 0.717) is 5.82 Å². The van der Waals surface area contributed by atoms with Crippen LogP contribution >= 0.6 is 0 Å². The van der Waals surface area contributed by atoms with E-state index in [0.717, 1.165) is 38.4 Å². The van der Waals surface area contributed by atoms with Gasteiger partial charge >= 0.3 is 0 Å². The van der Waals surface area contributed by atoms with Crippen LogP contribution in [0, 0.1) is 5.82 Å². The van der Waals surface area contributed by atoms with Gasteiger partial charge in [-0.25, -0.2) is 14.4 Å². The quantitative estimate of drug-likeness (QED) is 0.923. The molecule has 6 nitrogen and oxygen atoms in total. The second kappa shape index (κ2) is 7.46. The summed E-state index contributed by atoms with van der Waals surface area (Å²) in [6.07, 6.45) is 1.38. The predicted octanol–water partition coefficient (Wildman–Crippen LogP) is 1.62. The predicted molar refractivity (Wildman–Crippen MR) is 89.2 cm³/mol. The van der Waals surface area contributed by atoms with Crippen LogP contribution in [0.5, 0.6) is 0 Å². The standard InChI is InChI=1S/C17H20FN5O/c1-22-8-10-23(11-9-22)12-13-4-2-6-15(20-13)21-17(24)16-14(18)5-3-7-19-16/h2-7H,8-12H2,1H3,(H,20,21,24). The topological polar surface area (TPSA) is 61.4 Å². The molecule has 0 saturated carbocycles. The number of carbonyl (C=O) groups is 1. The maximum Gasteiger partial charge on any atom is 0.278 e. The van der Waals surface area contributed by atoms with E-state index in [1.165, 1.54) is 18.3 Å². The molecule has 0 spiro atoms. The molecule has 3 heterocycles.